The van der Waals surface area contributed by atoms with Crippen LogP contribution in [0.4, 0.5) is 5.95 Å². The smallest absolute Gasteiger partial charge is 0.324 e. The molecule has 3 heterocycles. The SMILES string of the molecule is [2H]C1([2H])c2ccc(-c3nc(NC4CCOCC4)ncc3Br)cc2S(=O)(=O)N1[C@H](C)C(=O)OCC. The number of rotatable bonds is 6. The molecule has 11 heteroatoms. The van der Waals surface area contributed by atoms with Gasteiger partial charge in [-0.25, -0.2) is 18.4 Å². The topological polar surface area (TPSA) is 111 Å². The summed E-state index contributed by atoms with van der Waals surface area (Å²) in [5.74, 6) is -0.410. The van der Waals surface area contributed by atoms with E-state index in [9.17, 15) is 13.2 Å². The van der Waals surface area contributed by atoms with Gasteiger partial charge in [0.2, 0.25) is 16.0 Å². The molecule has 2 aliphatic rings. The maximum atomic E-state index is 13.4. The molecule has 0 amide bonds. The average Bonchev–Trinajstić information content (AvgIpc) is 2.96. The molecule has 32 heavy (non-hydrogen) atoms. The number of fused-ring (bicyclic) bond motifs is 1. The minimum Gasteiger partial charge on any atom is -0.465 e. The number of esters is 1. The van der Waals surface area contributed by atoms with Gasteiger partial charge in [0.15, 0.2) is 0 Å². The lowest BCUT2D eigenvalue weighted by molar-refractivity contribution is -0.147. The molecule has 172 valence electrons. The number of nitrogens with one attached hydrogen (secondary N) is 1. The number of aromatic nitrogens is 2. The van der Waals surface area contributed by atoms with Crippen molar-refractivity contribution in [3.05, 3.63) is 34.4 Å². The van der Waals surface area contributed by atoms with E-state index in [-0.39, 0.29) is 23.1 Å². The molecule has 9 nitrogen and oxygen atoms in total. The van der Waals surface area contributed by atoms with Crippen LogP contribution in [0, 0.1) is 0 Å². The van der Waals surface area contributed by atoms with Crippen LogP contribution >= 0.6 is 15.9 Å². The molecule has 1 fully saturated rings. The third-order valence-corrected chi connectivity index (χ3v) is 7.70. The summed E-state index contributed by atoms with van der Waals surface area (Å²) in [4.78, 5) is 20.9. The number of ether oxygens (including phenoxy) is 2. The van der Waals surface area contributed by atoms with Gasteiger partial charge in [-0.15, -0.1) is 0 Å². The third kappa shape index (κ3) is 4.52. The van der Waals surface area contributed by atoms with Crippen LogP contribution in [0.1, 0.15) is 35.0 Å². The summed E-state index contributed by atoms with van der Waals surface area (Å²) in [5, 5.41) is 3.29. The van der Waals surface area contributed by atoms with Crippen molar-refractivity contribution in [3.63, 3.8) is 0 Å². The molecule has 1 saturated heterocycles. The van der Waals surface area contributed by atoms with Gasteiger partial charge in [-0.3, -0.25) is 4.79 Å². The van der Waals surface area contributed by atoms with Crippen molar-refractivity contribution < 1.29 is 25.4 Å². The monoisotopic (exact) mass is 526 g/mol. The predicted octanol–water partition coefficient (Wildman–Crippen LogP) is 2.95. The highest BCUT2D eigenvalue weighted by molar-refractivity contribution is 9.10. The molecule has 1 atom stereocenters. The third-order valence-electron chi connectivity index (χ3n) is 5.30. The number of hydrogen-bond acceptors (Lipinski definition) is 8. The van der Waals surface area contributed by atoms with Crippen LogP contribution in [0.2, 0.25) is 0 Å². The first-order chi connectivity index (χ1) is 16.1. The number of sulfonamides is 1. The Morgan fingerprint density at radius 1 is 1.44 bits per heavy atom. The maximum Gasteiger partial charge on any atom is 0.324 e. The van der Waals surface area contributed by atoms with Gasteiger partial charge in [-0.1, -0.05) is 12.1 Å². The van der Waals surface area contributed by atoms with Crippen molar-refractivity contribution in [2.75, 3.05) is 25.1 Å². The lowest BCUT2D eigenvalue weighted by atomic mass is 10.1. The standard InChI is InChI=1S/C21H25BrN4O5S/c1-3-31-20(27)13(2)26-12-15-5-4-14(10-18(15)32(26,28)29)19-17(22)11-23-21(25-19)24-16-6-8-30-9-7-16/h4-5,10-11,13,16H,3,6-9,12H2,1-2H3,(H,23,24,25)/t13-/m1/s1/i12D2. The molecule has 1 aromatic heterocycles. The molecule has 0 spiro atoms. The fourth-order valence-electron chi connectivity index (χ4n) is 3.59. The number of anilines is 1. The second-order valence-electron chi connectivity index (χ2n) is 7.47. The van der Waals surface area contributed by atoms with Crippen LogP contribution < -0.4 is 5.32 Å². The number of carbonyl (C=O) groups is 1. The number of benzene rings is 1. The van der Waals surface area contributed by atoms with E-state index in [1.165, 1.54) is 19.1 Å². The normalized spacial score (nSPS) is 21.8. The summed E-state index contributed by atoms with van der Waals surface area (Å²) < 4.78 is 55.1. The van der Waals surface area contributed by atoms with Crippen LogP contribution in [-0.2, 0) is 30.8 Å². The van der Waals surface area contributed by atoms with E-state index >= 15 is 0 Å². The number of nitrogens with zero attached hydrogens (tertiary/aromatic N) is 3. The lowest BCUT2D eigenvalue weighted by Gasteiger charge is -2.23. The first kappa shape index (κ1) is 20.5. The predicted molar refractivity (Wildman–Crippen MR) is 121 cm³/mol. The molecule has 0 saturated carbocycles. The van der Waals surface area contributed by atoms with Crippen LogP contribution in [0.15, 0.2) is 33.8 Å². The Hall–Kier alpha value is -2.08. The van der Waals surface area contributed by atoms with E-state index in [1.54, 1.807) is 19.2 Å². The molecular formula is C21H25BrN4O5S. The van der Waals surface area contributed by atoms with Gasteiger partial charge in [0.25, 0.3) is 0 Å². The summed E-state index contributed by atoms with van der Waals surface area (Å²) in [6.07, 6.45) is 3.24. The van der Waals surface area contributed by atoms with Gasteiger partial charge < -0.3 is 14.8 Å². The van der Waals surface area contributed by atoms with Crippen molar-refractivity contribution >= 4 is 37.9 Å². The fourth-order valence-corrected chi connectivity index (χ4v) is 5.61. The first-order valence-electron chi connectivity index (χ1n) is 11.3. The highest BCUT2D eigenvalue weighted by Crippen LogP contribution is 2.36. The zero-order chi connectivity index (χ0) is 24.7. The van der Waals surface area contributed by atoms with E-state index in [4.69, 9.17) is 12.2 Å². The zero-order valence-electron chi connectivity index (χ0n) is 19.7. The van der Waals surface area contributed by atoms with Gasteiger partial charge in [-0.05, 0) is 54.2 Å². The summed E-state index contributed by atoms with van der Waals surface area (Å²) in [6.45, 7) is 1.87. The van der Waals surface area contributed by atoms with Gasteiger partial charge in [0, 0.05) is 40.3 Å². The van der Waals surface area contributed by atoms with E-state index in [1.807, 2.05) is 0 Å². The minimum atomic E-state index is -4.32. The highest BCUT2D eigenvalue weighted by Gasteiger charge is 2.41. The molecule has 2 aromatic rings. The van der Waals surface area contributed by atoms with Gasteiger partial charge in [-0.2, -0.15) is 4.31 Å². The Balaban J connectivity index is 1.71. The first-order valence-corrected chi connectivity index (χ1v) is 12.5. The van der Waals surface area contributed by atoms with Crippen molar-refractivity contribution in [1.29, 1.82) is 0 Å². The molecule has 0 unspecified atom stereocenters. The minimum absolute atomic E-state index is 0.0434. The summed E-state index contributed by atoms with van der Waals surface area (Å²) in [7, 11) is -4.32. The zero-order valence-corrected chi connectivity index (χ0v) is 20.1. The molecule has 0 radical (unpaired) electrons. The van der Waals surface area contributed by atoms with E-state index in [2.05, 4.69) is 31.2 Å². The van der Waals surface area contributed by atoms with Crippen molar-refractivity contribution in [3.8, 4) is 11.3 Å². The molecule has 1 N–H and O–H groups in total. The molecule has 0 aliphatic carbocycles. The number of hydrogen-bond donors (Lipinski definition) is 1. The van der Waals surface area contributed by atoms with E-state index < -0.39 is 28.5 Å². The van der Waals surface area contributed by atoms with Crippen LogP contribution in [-0.4, -0.2) is 60.6 Å². The Labute approximate surface area is 198 Å². The highest BCUT2D eigenvalue weighted by atomic mass is 79.9. The number of carbonyl (C=O) groups excluding carboxylic acids is 1. The quantitative estimate of drug-likeness (QED) is 0.571. The Morgan fingerprint density at radius 2 is 2.19 bits per heavy atom. The van der Waals surface area contributed by atoms with Gasteiger partial charge >= 0.3 is 5.97 Å². The molecule has 0 bridgehead atoms. The van der Waals surface area contributed by atoms with E-state index in [0.29, 0.717) is 39.2 Å². The average molecular weight is 527 g/mol. The number of halogens is 1. The fraction of sp³-hybridized carbons (Fsp3) is 0.476. The maximum absolute atomic E-state index is 13.4. The molecule has 4 rings (SSSR count). The molecule has 2 aliphatic heterocycles. The van der Waals surface area contributed by atoms with Crippen molar-refractivity contribution in [1.82, 2.24) is 14.3 Å². The van der Waals surface area contributed by atoms with Gasteiger partial charge in [0.1, 0.15) is 6.04 Å². The Kier molecular flexibility index (Phi) is 6.04. The molecular weight excluding hydrogens is 500 g/mol. The lowest BCUT2D eigenvalue weighted by Crippen LogP contribution is -2.40. The Morgan fingerprint density at radius 3 is 2.91 bits per heavy atom. The molecule has 1 aromatic carbocycles. The van der Waals surface area contributed by atoms with Crippen LogP contribution in [0.3, 0.4) is 0 Å². The Bertz CT molecular complexity index is 1210. The van der Waals surface area contributed by atoms with Crippen molar-refractivity contribution in [2.45, 2.75) is 50.2 Å². The van der Waals surface area contributed by atoms with E-state index in [0.717, 1.165) is 12.8 Å². The van der Waals surface area contributed by atoms with Crippen molar-refractivity contribution in [2.24, 2.45) is 0 Å². The van der Waals surface area contributed by atoms with Crippen LogP contribution in [0.5, 0.6) is 0 Å². The summed E-state index contributed by atoms with van der Waals surface area (Å²) >= 11 is 3.43. The summed E-state index contributed by atoms with van der Waals surface area (Å²) in [5.41, 5.74) is 0.881. The largest absolute Gasteiger partial charge is 0.465 e. The second-order valence-corrected chi connectivity index (χ2v) is 10.1. The van der Waals surface area contributed by atoms with Crippen LogP contribution in [0.25, 0.3) is 11.3 Å². The van der Waals surface area contributed by atoms with Gasteiger partial charge in [0.05, 0.1) is 21.7 Å². The second kappa shape index (κ2) is 9.42. The summed E-state index contributed by atoms with van der Waals surface area (Å²) in [6, 6.07) is 3.24.